The smallest absolute Gasteiger partial charge is 0.225 e. The highest BCUT2D eigenvalue weighted by Crippen LogP contribution is 2.23. The summed E-state index contributed by atoms with van der Waals surface area (Å²) in [5.41, 5.74) is 1.01. The lowest BCUT2D eigenvalue weighted by molar-refractivity contribution is -0.129. The summed E-state index contributed by atoms with van der Waals surface area (Å²) in [5.74, 6) is 0.499. The number of nitrogens with zero attached hydrogens (tertiary/aromatic N) is 1. The molecule has 134 valence electrons. The Morgan fingerprint density at radius 2 is 2.08 bits per heavy atom. The summed E-state index contributed by atoms with van der Waals surface area (Å²) in [6.45, 7) is 1.04. The van der Waals surface area contributed by atoms with Gasteiger partial charge in [-0.3, -0.25) is 9.59 Å². The van der Waals surface area contributed by atoms with E-state index in [1.165, 1.54) is 0 Å². The molecule has 2 N–H and O–H groups in total. The van der Waals surface area contributed by atoms with Crippen molar-refractivity contribution in [2.75, 3.05) is 20.3 Å². The Kier molecular flexibility index (Phi) is 5.38. The Morgan fingerprint density at radius 3 is 2.72 bits per heavy atom. The van der Waals surface area contributed by atoms with Gasteiger partial charge in [0.1, 0.15) is 5.75 Å². The van der Waals surface area contributed by atoms with Gasteiger partial charge in [0.05, 0.1) is 13.0 Å². The Balaban J connectivity index is 1.52. The number of carbonyl (C=O) groups excluding carboxylic acids is 2. The van der Waals surface area contributed by atoms with Crippen LogP contribution in [0.3, 0.4) is 0 Å². The lowest BCUT2D eigenvalue weighted by Crippen LogP contribution is -2.38. The summed E-state index contributed by atoms with van der Waals surface area (Å²) < 4.78 is 5.13. The highest BCUT2D eigenvalue weighted by atomic mass is 16.5. The molecule has 6 nitrogen and oxygen atoms in total. The van der Waals surface area contributed by atoms with Crippen LogP contribution in [0.2, 0.25) is 0 Å². The van der Waals surface area contributed by atoms with E-state index in [0.29, 0.717) is 13.1 Å². The van der Waals surface area contributed by atoms with Gasteiger partial charge in [0.15, 0.2) is 0 Å². The Bertz CT molecular complexity index is 656. The van der Waals surface area contributed by atoms with Crippen molar-refractivity contribution in [1.29, 1.82) is 0 Å². The van der Waals surface area contributed by atoms with Gasteiger partial charge in [-0.1, -0.05) is 24.3 Å². The first-order valence-electron chi connectivity index (χ1n) is 8.59. The molecule has 1 heterocycles. The predicted molar refractivity (Wildman–Crippen MR) is 92.8 cm³/mol. The molecule has 3 rings (SSSR count). The van der Waals surface area contributed by atoms with Crippen LogP contribution in [0.25, 0.3) is 0 Å². The highest BCUT2D eigenvalue weighted by Gasteiger charge is 2.35. The van der Waals surface area contributed by atoms with Crippen molar-refractivity contribution in [3.8, 4) is 5.75 Å². The van der Waals surface area contributed by atoms with E-state index < -0.39 is 0 Å². The first-order chi connectivity index (χ1) is 12.1. The van der Waals surface area contributed by atoms with Gasteiger partial charge >= 0.3 is 0 Å². The molecular formula is C19H24N2O4. The Labute approximate surface area is 147 Å². The average Bonchev–Trinajstić information content (AvgIpc) is 3.22. The van der Waals surface area contributed by atoms with Gasteiger partial charge in [0.2, 0.25) is 11.8 Å². The van der Waals surface area contributed by atoms with Crippen LogP contribution in [0.1, 0.15) is 18.4 Å². The molecule has 6 heteroatoms. The van der Waals surface area contributed by atoms with Crippen LogP contribution in [0, 0.1) is 11.8 Å². The normalized spacial score (nSPS) is 25.4. The maximum absolute atomic E-state index is 12.4. The molecule has 0 saturated carbocycles. The molecule has 1 saturated heterocycles. The molecule has 25 heavy (non-hydrogen) atoms. The van der Waals surface area contributed by atoms with E-state index >= 15 is 0 Å². The van der Waals surface area contributed by atoms with Crippen molar-refractivity contribution in [2.45, 2.75) is 25.4 Å². The minimum atomic E-state index is -0.313. The fraction of sp³-hybridized carbons (Fsp3) is 0.474. The molecule has 1 aromatic rings. The third-order valence-corrected chi connectivity index (χ3v) is 4.85. The van der Waals surface area contributed by atoms with E-state index in [1.807, 2.05) is 36.4 Å². The summed E-state index contributed by atoms with van der Waals surface area (Å²) in [4.78, 5) is 26.4. The number of ether oxygens (including phenoxy) is 1. The zero-order chi connectivity index (χ0) is 17.8. The van der Waals surface area contributed by atoms with Crippen LogP contribution in [-0.2, 0) is 16.1 Å². The fourth-order valence-electron chi connectivity index (χ4n) is 3.37. The molecule has 1 aliphatic carbocycles. The van der Waals surface area contributed by atoms with Gasteiger partial charge in [-0.05, 0) is 24.1 Å². The molecular weight excluding hydrogens is 320 g/mol. The van der Waals surface area contributed by atoms with Crippen molar-refractivity contribution in [3.05, 3.63) is 42.0 Å². The van der Waals surface area contributed by atoms with E-state index in [4.69, 9.17) is 9.84 Å². The summed E-state index contributed by atoms with van der Waals surface area (Å²) in [6.07, 6.45) is 4.83. The average molecular weight is 344 g/mol. The molecule has 0 unspecified atom stereocenters. The highest BCUT2D eigenvalue weighted by molar-refractivity contribution is 5.89. The molecule has 0 bridgehead atoms. The van der Waals surface area contributed by atoms with Crippen LogP contribution in [-0.4, -0.2) is 48.1 Å². The summed E-state index contributed by atoms with van der Waals surface area (Å²) in [5, 5.41) is 12.1. The number of benzene rings is 1. The molecule has 1 aromatic carbocycles. The van der Waals surface area contributed by atoms with E-state index in [0.717, 1.165) is 17.7 Å². The van der Waals surface area contributed by atoms with Gasteiger partial charge in [0.25, 0.3) is 0 Å². The Hall–Kier alpha value is -2.34. The molecule has 3 atom stereocenters. The molecule has 2 aliphatic rings. The molecule has 0 radical (unpaired) electrons. The number of hydrogen-bond acceptors (Lipinski definition) is 4. The Morgan fingerprint density at radius 1 is 1.32 bits per heavy atom. The van der Waals surface area contributed by atoms with Crippen LogP contribution in [0.4, 0.5) is 0 Å². The second-order valence-electron chi connectivity index (χ2n) is 6.70. The van der Waals surface area contributed by atoms with Crippen molar-refractivity contribution >= 4 is 11.8 Å². The molecule has 0 aromatic heterocycles. The van der Waals surface area contributed by atoms with E-state index in [1.54, 1.807) is 12.0 Å². The zero-order valence-corrected chi connectivity index (χ0v) is 14.4. The number of nitrogens with one attached hydrogen (secondary N) is 1. The second-order valence-corrected chi connectivity index (χ2v) is 6.70. The van der Waals surface area contributed by atoms with Crippen molar-refractivity contribution < 1.29 is 19.4 Å². The van der Waals surface area contributed by atoms with Crippen molar-refractivity contribution in [2.24, 2.45) is 11.8 Å². The van der Waals surface area contributed by atoms with Crippen LogP contribution in [0.5, 0.6) is 5.75 Å². The topological polar surface area (TPSA) is 78.9 Å². The van der Waals surface area contributed by atoms with Crippen LogP contribution in [0.15, 0.2) is 36.4 Å². The SMILES string of the molecule is COc1ccc(CN2C[C@H](C(=O)N[C@@H]3C=C[C@H](CO)C3)CC2=O)cc1. The summed E-state index contributed by atoms with van der Waals surface area (Å²) in [6, 6.07) is 7.54. The number of methoxy groups -OCH3 is 1. The maximum Gasteiger partial charge on any atom is 0.225 e. The van der Waals surface area contributed by atoms with Gasteiger partial charge in [-0.2, -0.15) is 0 Å². The van der Waals surface area contributed by atoms with Gasteiger partial charge in [-0.25, -0.2) is 0 Å². The van der Waals surface area contributed by atoms with Crippen molar-refractivity contribution in [3.63, 3.8) is 0 Å². The minimum absolute atomic E-state index is 0.00571. The zero-order valence-electron chi connectivity index (χ0n) is 14.4. The standard InChI is InChI=1S/C19H24N2O4/c1-25-17-6-3-13(4-7-17)10-21-11-15(9-18(21)23)19(24)20-16-5-2-14(8-16)12-22/h2-7,14-16,22H,8-12H2,1H3,(H,20,24)/t14-,15+,16+/m0/s1. The number of rotatable bonds is 6. The van der Waals surface area contributed by atoms with Crippen molar-refractivity contribution in [1.82, 2.24) is 10.2 Å². The van der Waals surface area contributed by atoms with E-state index in [9.17, 15) is 9.59 Å². The molecule has 0 spiro atoms. The lowest BCUT2D eigenvalue weighted by atomic mass is 10.1. The van der Waals surface area contributed by atoms with Crippen LogP contribution < -0.4 is 10.1 Å². The fourth-order valence-corrected chi connectivity index (χ4v) is 3.37. The molecule has 2 amide bonds. The molecule has 1 fully saturated rings. The second kappa shape index (κ2) is 7.70. The number of aliphatic hydroxyl groups excluding tert-OH is 1. The lowest BCUT2D eigenvalue weighted by Gasteiger charge is -2.18. The third kappa shape index (κ3) is 4.20. The van der Waals surface area contributed by atoms with Gasteiger partial charge < -0.3 is 20.1 Å². The van der Waals surface area contributed by atoms with E-state index in [-0.39, 0.29) is 42.7 Å². The van der Waals surface area contributed by atoms with Gasteiger partial charge in [0, 0.05) is 38.1 Å². The number of hydrogen-bond donors (Lipinski definition) is 2. The minimum Gasteiger partial charge on any atom is -0.497 e. The largest absolute Gasteiger partial charge is 0.497 e. The quantitative estimate of drug-likeness (QED) is 0.758. The third-order valence-electron chi connectivity index (χ3n) is 4.85. The predicted octanol–water partition coefficient (Wildman–Crippen LogP) is 1.10. The molecule has 1 aliphatic heterocycles. The summed E-state index contributed by atoms with van der Waals surface area (Å²) in [7, 11) is 1.62. The van der Waals surface area contributed by atoms with E-state index in [2.05, 4.69) is 5.32 Å². The number of likely N-dealkylation sites (tertiary alicyclic amines) is 1. The number of amides is 2. The first-order valence-corrected chi connectivity index (χ1v) is 8.59. The van der Waals surface area contributed by atoms with Crippen LogP contribution >= 0.6 is 0 Å². The van der Waals surface area contributed by atoms with Gasteiger partial charge in [-0.15, -0.1) is 0 Å². The maximum atomic E-state index is 12.4. The monoisotopic (exact) mass is 344 g/mol. The first kappa shape index (κ1) is 17.5. The number of aliphatic hydroxyl groups is 1. The summed E-state index contributed by atoms with van der Waals surface area (Å²) >= 11 is 0. The number of carbonyl (C=O) groups is 2.